The summed E-state index contributed by atoms with van der Waals surface area (Å²) in [5.74, 6) is -0.420. The molecule has 0 fully saturated rings. The quantitative estimate of drug-likeness (QED) is 0.689. The van der Waals surface area contributed by atoms with Crippen molar-refractivity contribution in [2.45, 2.75) is 26.1 Å². The van der Waals surface area contributed by atoms with Crippen LogP contribution < -0.4 is 5.32 Å². The molecule has 4 nitrogen and oxygen atoms in total. The first-order valence-electron chi connectivity index (χ1n) is 6.54. The molecule has 0 bridgehead atoms. The molecule has 0 aliphatic carbocycles. The average Bonchev–Trinajstić information content (AvgIpc) is 2.34. The summed E-state index contributed by atoms with van der Waals surface area (Å²) < 4.78 is 23.6. The molecule has 0 amide bonds. The highest BCUT2D eigenvalue weighted by atomic mass is 35.5. The van der Waals surface area contributed by atoms with Gasteiger partial charge in [-0.1, -0.05) is 11.6 Å². The predicted molar refractivity (Wildman–Crippen MR) is 77.8 cm³/mol. The van der Waals surface area contributed by atoms with Crippen molar-refractivity contribution in [3.63, 3.8) is 0 Å². The minimum absolute atomic E-state index is 0.169. The Morgan fingerprint density at radius 2 is 2.05 bits per heavy atom. The second-order valence-corrected chi connectivity index (χ2v) is 5.12. The van der Waals surface area contributed by atoms with Gasteiger partial charge < -0.3 is 19.9 Å². The van der Waals surface area contributed by atoms with Crippen molar-refractivity contribution in [1.82, 2.24) is 0 Å². The average molecular weight is 306 g/mol. The summed E-state index contributed by atoms with van der Waals surface area (Å²) in [4.78, 5) is 0. The van der Waals surface area contributed by atoms with Gasteiger partial charge in [-0.3, -0.25) is 0 Å². The van der Waals surface area contributed by atoms with Crippen LogP contribution in [0.1, 0.15) is 13.8 Å². The number of hydrogen-bond acceptors (Lipinski definition) is 4. The summed E-state index contributed by atoms with van der Waals surface area (Å²) >= 11 is 5.73. The maximum Gasteiger partial charge on any atom is 0.126 e. The molecule has 1 aromatic rings. The highest BCUT2D eigenvalue weighted by molar-refractivity contribution is 6.30. The second kappa shape index (κ2) is 9.13. The van der Waals surface area contributed by atoms with Gasteiger partial charge in [0.25, 0.3) is 0 Å². The number of aliphatic hydroxyl groups excluding tert-OH is 1. The number of ether oxygens (including phenoxy) is 2. The number of aliphatic hydroxyl groups is 1. The van der Waals surface area contributed by atoms with Crippen molar-refractivity contribution in [1.29, 1.82) is 0 Å². The topological polar surface area (TPSA) is 50.7 Å². The summed E-state index contributed by atoms with van der Waals surface area (Å²) in [6.45, 7) is 5.27. The van der Waals surface area contributed by atoms with Gasteiger partial charge in [-0.05, 0) is 32.0 Å². The molecule has 0 aliphatic rings. The van der Waals surface area contributed by atoms with Crippen LogP contribution >= 0.6 is 11.6 Å². The zero-order valence-electron chi connectivity index (χ0n) is 11.7. The first-order valence-corrected chi connectivity index (χ1v) is 6.92. The molecule has 1 aromatic carbocycles. The number of anilines is 1. The zero-order valence-corrected chi connectivity index (χ0v) is 12.5. The lowest BCUT2D eigenvalue weighted by atomic mass is 10.3. The van der Waals surface area contributed by atoms with Gasteiger partial charge in [0.1, 0.15) is 5.82 Å². The molecule has 0 aromatic heterocycles. The standard InChI is InChI=1S/C14H21ClFNO3/c1-10(2)20-4-3-19-9-14(18)8-17-13-6-11(15)5-12(16)7-13/h5-7,10,14,17-18H,3-4,8-9H2,1-2H3. The Hall–Kier alpha value is -0.880. The summed E-state index contributed by atoms with van der Waals surface area (Å²) in [5.41, 5.74) is 0.525. The fourth-order valence-electron chi connectivity index (χ4n) is 1.51. The van der Waals surface area contributed by atoms with Crippen molar-refractivity contribution in [2.75, 3.05) is 31.7 Å². The van der Waals surface area contributed by atoms with E-state index >= 15 is 0 Å². The van der Waals surface area contributed by atoms with Crippen LogP contribution in [0.3, 0.4) is 0 Å². The second-order valence-electron chi connectivity index (χ2n) is 4.69. The molecule has 0 radical (unpaired) electrons. The predicted octanol–water partition coefficient (Wildman–Crippen LogP) is 2.69. The Morgan fingerprint density at radius 3 is 2.70 bits per heavy atom. The van der Waals surface area contributed by atoms with E-state index in [-0.39, 0.29) is 19.3 Å². The molecule has 114 valence electrons. The van der Waals surface area contributed by atoms with Gasteiger partial charge in [-0.2, -0.15) is 0 Å². The minimum atomic E-state index is -0.684. The van der Waals surface area contributed by atoms with Gasteiger partial charge in [0.05, 0.1) is 32.0 Å². The molecule has 6 heteroatoms. The fraction of sp³-hybridized carbons (Fsp3) is 0.571. The van der Waals surface area contributed by atoms with Crippen molar-refractivity contribution in [3.8, 4) is 0 Å². The smallest absolute Gasteiger partial charge is 0.126 e. The molecule has 1 rings (SSSR count). The SMILES string of the molecule is CC(C)OCCOCC(O)CNc1cc(F)cc(Cl)c1. The number of hydrogen-bond donors (Lipinski definition) is 2. The zero-order chi connectivity index (χ0) is 15.0. The Labute approximate surface area is 123 Å². The normalized spacial score (nSPS) is 12.7. The molecular weight excluding hydrogens is 285 g/mol. The maximum absolute atomic E-state index is 13.1. The van der Waals surface area contributed by atoms with E-state index in [9.17, 15) is 9.50 Å². The van der Waals surface area contributed by atoms with Crippen LogP contribution in [-0.2, 0) is 9.47 Å². The lowest BCUT2D eigenvalue weighted by molar-refractivity contribution is -0.00734. The van der Waals surface area contributed by atoms with Crippen LogP contribution in [-0.4, -0.2) is 43.7 Å². The summed E-state index contributed by atoms with van der Waals surface area (Å²) in [6.07, 6.45) is -0.515. The van der Waals surface area contributed by atoms with Crippen LogP contribution in [0.2, 0.25) is 5.02 Å². The van der Waals surface area contributed by atoms with Crippen LogP contribution in [0.4, 0.5) is 10.1 Å². The molecule has 0 aliphatic heterocycles. The van der Waals surface area contributed by atoms with E-state index < -0.39 is 11.9 Å². The highest BCUT2D eigenvalue weighted by Crippen LogP contribution is 2.17. The Morgan fingerprint density at radius 1 is 1.30 bits per heavy atom. The van der Waals surface area contributed by atoms with E-state index in [2.05, 4.69) is 5.32 Å². The van der Waals surface area contributed by atoms with Gasteiger partial charge in [-0.25, -0.2) is 4.39 Å². The van der Waals surface area contributed by atoms with Crippen LogP contribution in [0.5, 0.6) is 0 Å². The fourth-order valence-corrected chi connectivity index (χ4v) is 1.73. The molecule has 0 saturated heterocycles. The van der Waals surface area contributed by atoms with E-state index in [0.29, 0.717) is 23.9 Å². The van der Waals surface area contributed by atoms with Gasteiger partial charge in [0.15, 0.2) is 0 Å². The number of nitrogens with one attached hydrogen (secondary N) is 1. The summed E-state index contributed by atoms with van der Waals surface area (Å²) in [5, 5.41) is 12.9. The van der Waals surface area contributed by atoms with Crippen LogP contribution in [0.15, 0.2) is 18.2 Å². The third kappa shape index (κ3) is 7.65. The molecule has 0 spiro atoms. The van der Waals surface area contributed by atoms with Gasteiger partial charge >= 0.3 is 0 Å². The molecule has 0 saturated carbocycles. The molecule has 1 unspecified atom stereocenters. The van der Waals surface area contributed by atoms with E-state index in [4.69, 9.17) is 21.1 Å². The van der Waals surface area contributed by atoms with E-state index in [0.717, 1.165) is 0 Å². The van der Waals surface area contributed by atoms with Gasteiger partial charge in [-0.15, -0.1) is 0 Å². The van der Waals surface area contributed by atoms with Crippen molar-refractivity contribution in [3.05, 3.63) is 29.0 Å². The molecule has 20 heavy (non-hydrogen) atoms. The third-order valence-corrected chi connectivity index (χ3v) is 2.61. The van der Waals surface area contributed by atoms with E-state index in [1.54, 1.807) is 6.07 Å². The first kappa shape index (κ1) is 17.2. The Bertz CT molecular complexity index is 384. The van der Waals surface area contributed by atoms with Gasteiger partial charge in [0.2, 0.25) is 0 Å². The molecule has 2 N–H and O–H groups in total. The lowest BCUT2D eigenvalue weighted by Gasteiger charge is -2.14. The highest BCUT2D eigenvalue weighted by Gasteiger charge is 2.05. The van der Waals surface area contributed by atoms with Crippen LogP contribution in [0.25, 0.3) is 0 Å². The van der Waals surface area contributed by atoms with Crippen LogP contribution in [0, 0.1) is 5.82 Å². The first-order chi connectivity index (χ1) is 9.47. The van der Waals surface area contributed by atoms with Gasteiger partial charge in [0, 0.05) is 17.3 Å². The monoisotopic (exact) mass is 305 g/mol. The molecular formula is C14H21ClFNO3. The number of rotatable bonds is 9. The van der Waals surface area contributed by atoms with Crippen molar-refractivity contribution < 1.29 is 19.0 Å². The van der Waals surface area contributed by atoms with Crippen molar-refractivity contribution >= 4 is 17.3 Å². The van der Waals surface area contributed by atoms with E-state index in [1.165, 1.54) is 12.1 Å². The van der Waals surface area contributed by atoms with E-state index in [1.807, 2.05) is 13.8 Å². The third-order valence-electron chi connectivity index (χ3n) is 2.39. The Kier molecular flexibility index (Phi) is 7.84. The number of halogens is 2. The lowest BCUT2D eigenvalue weighted by Crippen LogP contribution is -2.26. The summed E-state index contributed by atoms with van der Waals surface area (Å²) in [7, 11) is 0. The maximum atomic E-state index is 13.1. The molecule has 0 heterocycles. The molecule has 1 atom stereocenters. The summed E-state index contributed by atoms with van der Waals surface area (Å²) in [6, 6.07) is 4.13. The Balaban J connectivity index is 2.17. The number of benzene rings is 1. The minimum Gasteiger partial charge on any atom is -0.389 e. The largest absolute Gasteiger partial charge is 0.389 e. The van der Waals surface area contributed by atoms with Crippen molar-refractivity contribution in [2.24, 2.45) is 0 Å².